The van der Waals surface area contributed by atoms with E-state index >= 15 is 0 Å². The van der Waals surface area contributed by atoms with E-state index in [1.165, 1.54) is 11.8 Å². The normalized spacial score (nSPS) is 13.6. The molecule has 2 rings (SSSR count). The van der Waals surface area contributed by atoms with Crippen LogP contribution in [0.15, 0.2) is 53.8 Å². The first-order valence-electron chi connectivity index (χ1n) is 7.37. The van der Waals surface area contributed by atoms with Crippen LogP contribution >= 0.6 is 11.8 Å². The Kier molecular flexibility index (Phi) is 5.95. The molecule has 1 N–H and O–H groups in total. The fourth-order valence-corrected chi connectivity index (χ4v) is 2.88. The molecule has 0 bridgehead atoms. The van der Waals surface area contributed by atoms with Crippen LogP contribution in [0.1, 0.15) is 32.5 Å². The molecule has 0 aliphatic carbocycles. The maximum Gasteiger partial charge on any atom is 0.233 e. The number of carbonyl (C=O) groups excluding carboxylic acids is 1. The Hall–Kier alpha value is -1.88. The zero-order valence-electron chi connectivity index (χ0n) is 13.1. The molecule has 0 fully saturated rings. The molecule has 0 aromatic carbocycles. The highest BCUT2D eigenvalue weighted by atomic mass is 32.2. The third-order valence-electron chi connectivity index (χ3n) is 3.28. The quantitative estimate of drug-likeness (QED) is 0.829. The Morgan fingerprint density at radius 2 is 1.73 bits per heavy atom. The van der Waals surface area contributed by atoms with Crippen molar-refractivity contribution in [1.29, 1.82) is 0 Å². The molecule has 2 aromatic heterocycles. The van der Waals surface area contributed by atoms with E-state index < -0.39 is 0 Å². The Morgan fingerprint density at radius 3 is 2.27 bits per heavy atom. The Balaban J connectivity index is 2.02. The minimum Gasteiger partial charge on any atom is -0.347 e. The average Bonchev–Trinajstić information content (AvgIpc) is 2.53. The summed E-state index contributed by atoms with van der Waals surface area (Å²) in [6.45, 7) is 6.05. The van der Waals surface area contributed by atoms with Gasteiger partial charge in [0.2, 0.25) is 5.91 Å². The zero-order valence-corrected chi connectivity index (χ0v) is 13.9. The van der Waals surface area contributed by atoms with Crippen molar-refractivity contribution in [1.82, 2.24) is 15.3 Å². The molecule has 1 amide bonds. The lowest BCUT2D eigenvalue weighted by Crippen LogP contribution is -2.37. The number of hydrogen-bond donors (Lipinski definition) is 1. The topological polar surface area (TPSA) is 54.9 Å². The van der Waals surface area contributed by atoms with E-state index in [9.17, 15) is 4.79 Å². The smallest absolute Gasteiger partial charge is 0.233 e. The number of amides is 1. The van der Waals surface area contributed by atoms with Crippen LogP contribution in [0.3, 0.4) is 0 Å². The highest BCUT2D eigenvalue weighted by Gasteiger charge is 2.23. The Morgan fingerprint density at radius 1 is 1.05 bits per heavy atom. The van der Waals surface area contributed by atoms with Crippen LogP contribution < -0.4 is 5.32 Å². The maximum atomic E-state index is 12.4. The van der Waals surface area contributed by atoms with Crippen molar-refractivity contribution in [2.24, 2.45) is 5.92 Å². The number of aromatic nitrogens is 2. The van der Waals surface area contributed by atoms with Crippen LogP contribution in [0, 0.1) is 5.92 Å². The molecule has 0 saturated heterocycles. The van der Waals surface area contributed by atoms with Crippen LogP contribution in [-0.2, 0) is 4.79 Å². The molecule has 0 aliphatic heterocycles. The summed E-state index contributed by atoms with van der Waals surface area (Å²) < 4.78 is 0. The van der Waals surface area contributed by atoms with E-state index in [1.807, 2.05) is 43.3 Å². The largest absolute Gasteiger partial charge is 0.347 e. The first-order chi connectivity index (χ1) is 10.6. The van der Waals surface area contributed by atoms with E-state index in [0.29, 0.717) is 0 Å². The highest BCUT2D eigenvalue weighted by Crippen LogP contribution is 2.24. The number of thioether (sulfide) groups is 1. The molecule has 116 valence electrons. The summed E-state index contributed by atoms with van der Waals surface area (Å²) in [6.07, 6.45) is 3.49. The number of nitrogens with zero attached hydrogens (tertiary/aromatic N) is 2. The van der Waals surface area contributed by atoms with Gasteiger partial charge < -0.3 is 5.32 Å². The lowest BCUT2D eigenvalue weighted by Gasteiger charge is -2.23. The predicted octanol–water partition coefficient (Wildman–Crippen LogP) is 3.47. The third kappa shape index (κ3) is 4.56. The second-order valence-corrected chi connectivity index (χ2v) is 6.77. The van der Waals surface area contributed by atoms with Crippen molar-refractivity contribution in [3.05, 3.63) is 54.5 Å². The second kappa shape index (κ2) is 7.94. The van der Waals surface area contributed by atoms with Crippen molar-refractivity contribution >= 4 is 17.7 Å². The first kappa shape index (κ1) is 16.5. The van der Waals surface area contributed by atoms with E-state index in [-0.39, 0.29) is 23.1 Å². The maximum absolute atomic E-state index is 12.4. The lowest BCUT2D eigenvalue weighted by molar-refractivity contribution is -0.121. The van der Waals surface area contributed by atoms with Gasteiger partial charge >= 0.3 is 0 Å². The highest BCUT2D eigenvalue weighted by molar-refractivity contribution is 8.00. The molecule has 2 heterocycles. The van der Waals surface area contributed by atoms with Crippen LogP contribution in [0.25, 0.3) is 0 Å². The molecule has 0 aliphatic rings. The third-order valence-corrected chi connectivity index (χ3v) is 4.33. The number of nitrogens with one attached hydrogen (secondary N) is 1. The van der Waals surface area contributed by atoms with Gasteiger partial charge in [0.05, 0.1) is 22.0 Å². The van der Waals surface area contributed by atoms with Crippen LogP contribution in [-0.4, -0.2) is 21.1 Å². The summed E-state index contributed by atoms with van der Waals surface area (Å²) in [6, 6.07) is 11.4. The van der Waals surface area contributed by atoms with Gasteiger partial charge in [-0.2, -0.15) is 0 Å². The Bertz CT molecular complexity index is 589. The van der Waals surface area contributed by atoms with Gasteiger partial charge in [-0.05, 0) is 37.1 Å². The summed E-state index contributed by atoms with van der Waals surface area (Å²) in [5.74, 6) is 0.269. The minimum atomic E-state index is -0.208. The molecule has 4 nitrogen and oxygen atoms in total. The fraction of sp³-hybridized carbons (Fsp3) is 0.353. The molecule has 2 unspecified atom stereocenters. The molecule has 2 aromatic rings. The van der Waals surface area contributed by atoms with Gasteiger partial charge in [0.1, 0.15) is 0 Å². The van der Waals surface area contributed by atoms with Gasteiger partial charge in [-0.15, -0.1) is 0 Å². The van der Waals surface area contributed by atoms with Crippen molar-refractivity contribution in [3.8, 4) is 0 Å². The van der Waals surface area contributed by atoms with Gasteiger partial charge in [0.15, 0.2) is 0 Å². The van der Waals surface area contributed by atoms with Crippen LogP contribution in [0.2, 0.25) is 0 Å². The van der Waals surface area contributed by atoms with Gasteiger partial charge in [0.25, 0.3) is 0 Å². The predicted molar refractivity (Wildman–Crippen MR) is 89.5 cm³/mol. The van der Waals surface area contributed by atoms with Gasteiger partial charge in [-0.1, -0.05) is 37.7 Å². The summed E-state index contributed by atoms with van der Waals surface area (Å²) in [7, 11) is 0. The molecule has 0 saturated carbocycles. The van der Waals surface area contributed by atoms with E-state index in [2.05, 4.69) is 29.1 Å². The molecular weight excluding hydrogens is 294 g/mol. The monoisotopic (exact) mass is 315 g/mol. The summed E-state index contributed by atoms with van der Waals surface area (Å²) >= 11 is 1.46. The standard InChI is InChI=1S/C17H21N3OS/c1-12(2)16(14-8-4-6-10-18-14)20-17(21)13(3)22-15-9-5-7-11-19-15/h4-13,16H,1-3H3,(H,20,21). The molecule has 0 radical (unpaired) electrons. The SMILES string of the molecule is CC(Sc1ccccn1)C(=O)NC(c1ccccn1)C(C)C. The van der Waals surface area contributed by atoms with Crippen molar-refractivity contribution in [3.63, 3.8) is 0 Å². The molecular formula is C17H21N3OS. The second-order valence-electron chi connectivity index (χ2n) is 5.41. The van der Waals surface area contributed by atoms with E-state index in [4.69, 9.17) is 0 Å². The molecule has 0 spiro atoms. The molecule has 22 heavy (non-hydrogen) atoms. The number of hydrogen-bond acceptors (Lipinski definition) is 4. The van der Waals surface area contributed by atoms with Crippen molar-refractivity contribution in [2.45, 2.75) is 37.1 Å². The first-order valence-corrected chi connectivity index (χ1v) is 8.25. The van der Waals surface area contributed by atoms with Crippen molar-refractivity contribution in [2.75, 3.05) is 0 Å². The van der Waals surface area contributed by atoms with Crippen LogP contribution in [0.4, 0.5) is 0 Å². The molecule has 2 atom stereocenters. The number of carbonyl (C=O) groups is 1. The van der Waals surface area contributed by atoms with Crippen LogP contribution in [0.5, 0.6) is 0 Å². The van der Waals surface area contributed by atoms with Gasteiger partial charge in [-0.25, -0.2) is 4.98 Å². The van der Waals surface area contributed by atoms with Crippen molar-refractivity contribution < 1.29 is 4.79 Å². The Labute approximate surface area is 135 Å². The lowest BCUT2D eigenvalue weighted by atomic mass is 10.00. The van der Waals surface area contributed by atoms with Gasteiger partial charge in [-0.3, -0.25) is 9.78 Å². The summed E-state index contributed by atoms with van der Waals surface area (Å²) in [4.78, 5) is 21.1. The van der Waals surface area contributed by atoms with E-state index in [0.717, 1.165) is 10.7 Å². The average molecular weight is 315 g/mol. The number of pyridine rings is 2. The van der Waals surface area contributed by atoms with Gasteiger partial charge in [0, 0.05) is 12.4 Å². The summed E-state index contributed by atoms with van der Waals surface area (Å²) in [5, 5.41) is 3.75. The minimum absolute atomic E-state index is 0.00000567. The zero-order chi connectivity index (χ0) is 15.9. The fourth-order valence-electron chi connectivity index (χ4n) is 2.06. The number of rotatable bonds is 6. The molecule has 5 heteroatoms. The summed E-state index contributed by atoms with van der Waals surface area (Å²) in [5.41, 5.74) is 0.890. The van der Waals surface area contributed by atoms with E-state index in [1.54, 1.807) is 12.4 Å².